The Morgan fingerprint density at radius 3 is 2.54 bits per heavy atom. The molecule has 8 heteroatoms. The third-order valence-electron chi connectivity index (χ3n) is 4.65. The number of aromatic nitrogens is 2. The minimum absolute atomic E-state index is 0.0129. The summed E-state index contributed by atoms with van der Waals surface area (Å²) < 4.78 is 5.44. The Bertz CT molecular complexity index is 783. The molecule has 0 spiro atoms. The Morgan fingerprint density at radius 1 is 1.11 bits per heavy atom. The molecule has 1 aromatic heterocycles. The molecule has 0 atom stereocenters. The summed E-state index contributed by atoms with van der Waals surface area (Å²) in [6.45, 7) is 2.13. The molecular weight excluding hydrogens is 376 g/mol. The number of carbonyl (C=O) groups is 2. The molecule has 3 rings (SSSR count). The molecule has 1 saturated carbocycles. The van der Waals surface area contributed by atoms with Crippen molar-refractivity contribution in [1.82, 2.24) is 15.5 Å². The quantitative estimate of drug-likeness (QED) is 0.692. The minimum atomic E-state index is -0.307. The summed E-state index contributed by atoms with van der Waals surface area (Å²) in [5.74, 6) is -0.410. The number of ether oxygens (including phenoxy) is 1. The van der Waals surface area contributed by atoms with Crippen LogP contribution in [0.3, 0.4) is 0 Å². The molecule has 1 aliphatic rings. The molecule has 2 N–H and O–H groups in total. The molecule has 0 aliphatic heterocycles. The van der Waals surface area contributed by atoms with Crippen molar-refractivity contribution in [3.05, 3.63) is 39.8 Å². The van der Waals surface area contributed by atoms with Gasteiger partial charge in [0.05, 0.1) is 0 Å². The van der Waals surface area contributed by atoms with Gasteiger partial charge < -0.3 is 15.4 Å². The Morgan fingerprint density at radius 2 is 1.82 bits per heavy atom. The van der Waals surface area contributed by atoms with Gasteiger partial charge in [0.25, 0.3) is 5.91 Å². The number of benzene rings is 1. The van der Waals surface area contributed by atoms with Crippen LogP contribution in [0.4, 0.5) is 5.69 Å². The van der Waals surface area contributed by atoms with Crippen molar-refractivity contribution in [2.75, 3.05) is 11.9 Å². The van der Waals surface area contributed by atoms with Gasteiger partial charge in [0.1, 0.15) is 18.2 Å². The van der Waals surface area contributed by atoms with Crippen LogP contribution in [-0.4, -0.2) is 34.7 Å². The number of amides is 2. The summed E-state index contributed by atoms with van der Waals surface area (Å²) in [5, 5.41) is 14.5. The van der Waals surface area contributed by atoms with Crippen LogP contribution < -0.4 is 10.6 Å². The van der Waals surface area contributed by atoms with Crippen LogP contribution in [0.5, 0.6) is 0 Å². The van der Waals surface area contributed by atoms with E-state index in [4.69, 9.17) is 4.74 Å². The van der Waals surface area contributed by atoms with Gasteiger partial charge in [-0.1, -0.05) is 54.7 Å². The molecule has 1 fully saturated rings. The van der Waals surface area contributed by atoms with Crippen molar-refractivity contribution >= 4 is 28.8 Å². The van der Waals surface area contributed by atoms with E-state index in [1.807, 2.05) is 31.2 Å². The topological polar surface area (TPSA) is 93.2 Å². The van der Waals surface area contributed by atoms with E-state index in [9.17, 15) is 9.59 Å². The standard InChI is InChI=1S/C20H26N4O3S/c1-14-8-10-16(11-9-14)22-19(26)20-24-23-18(28-20)13-27-12-17(25)21-15-6-4-2-3-5-7-15/h8-11,15H,2-7,12-13H2,1H3,(H,21,25)(H,22,26). The van der Waals surface area contributed by atoms with Gasteiger partial charge in [-0.25, -0.2) is 0 Å². The average molecular weight is 403 g/mol. The molecule has 28 heavy (non-hydrogen) atoms. The number of carbonyl (C=O) groups excluding carboxylic acids is 2. The molecular formula is C20H26N4O3S. The summed E-state index contributed by atoms with van der Waals surface area (Å²) in [5.41, 5.74) is 1.83. The van der Waals surface area contributed by atoms with Crippen molar-refractivity contribution in [1.29, 1.82) is 0 Å². The van der Waals surface area contributed by atoms with E-state index in [0.717, 1.165) is 29.7 Å². The summed E-state index contributed by atoms with van der Waals surface area (Å²) in [4.78, 5) is 24.3. The largest absolute Gasteiger partial charge is 0.364 e. The molecule has 150 valence electrons. The van der Waals surface area contributed by atoms with Crippen molar-refractivity contribution < 1.29 is 14.3 Å². The molecule has 1 aliphatic carbocycles. The molecule has 2 amide bonds. The molecule has 0 bridgehead atoms. The number of nitrogens with zero attached hydrogens (tertiary/aromatic N) is 2. The lowest BCUT2D eigenvalue weighted by molar-refractivity contribution is -0.126. The molecule has 7 nitrogen and oxygen atoms in total. The van der Waals surface area contributed by atoms with E-state index in [-0.39, 0.29) is 36.1 Å². The van der Waals surface area contributed by atoms with E-state index in [1.165, 1.54) is 25.7 Å². The third-order valence-corrected chi connectivity index (χ3v) is 5.55. The SMILES string of the molecule is Cc1ccc(NC(=O)c2nnc(COCC(=O)NC3CCCCCC3)s2)cc1. The third kappa shape index (κ3) is 6.38. The number of hydrogen-bond acceptors (Lipinski definition) is 6. The molecule has 2 aromatic rings. The number of nitrogens with one attached hydrogen (secondary N) is 2. The fraction of sp³-hybridized carbons (Fsp3) is 0.500. The van der Waals surface area contributed by atoms with Crippen LogP contribution >= 0.6 is 11.3 Å². The first kappa shape index (κ1) is 20.4. The predicted molar refractivity (Wildman–Crippen MR) is 108 cm³/mol. The first-order chi connectivity index (χ1) is 13.6. The minimum Gasteiger partial charge on any atom is -0.364 e. The Hall–Kier alpha value is -2.32. The summed E-state index contributed by atoms with van der Waals surface area (Å²) in [6, 6.07) is 7.79. The van der Waals surface area contributed by atoms with Gasteiger partial charge in [0, 0.05) is 11.7 Å². The second kappa shape index (κ2) is 10.3. The van der Waals surface area contributed by atoms with E-state index in [0.29, 0.717) is 10.7 Å². The maximum atomic E-state index is 12.2. The van der Waals surface area contributed by atoms with E-state index in [2.05, 4.69) is 20.8 Å². The highest BCUT2D eigenvalue weighted by Gasteiger charge is 2.16. The van der Waals surface area contributed by atoms with Gasteiger partial charge in [-0.05, 0) is 31.9 Å². The van der Waals surface area contributed by atoms with Crippen LogP contribution in [-0.2, 0) is 16.1 Å². The molecule has 0 saturated heterocycles. The van der Waals surface area contributed by atoms with Gasteiger partial charge in [-0.2, -0.15) is 0 Å². The van der Waals surface area contributed by atoms with Crippen molar-refractivity contribution in [2.45, 2.75) is 58.1 Å². The zero-order chi connectivity index (χ0) is 19.8. The Labute approximate surface area is 168 Å². The highest BCUT2D eigenvalue weighted by Crippen LogP contribution is 2.17. The Balaban J connectivity index is 1.40. The zero-order valence-electron chi connectivity index (χ0n) is 16.1. The van der Waals surface area contributed by atoms with E-state index in [1.54, 1.807) is 0 Å². The highest BCUT2D eigenvalue weighted by molar-refractivity contribution is 7.13. The fourth-order valence-corrected chi connectivity index (χ4v) is 3.82. The van der Waals surface area contributed by atoms with Crippen LogP contribution in [0, 0.1) is 6.92 Å². The summed E-state index contributed by atoms with van der Waals surface area (Å²) >= 11 is 1.16. The smallest absolute Gasteiger partial charge is 0.286 e. The molecule has 0 radical (unpaired) electrons. The van der Waals surface area contributed by atoms with Crippen molar-refractivity contribution in [3.8, 4) is 0 Å². The van der Waals surface area contributed by atoms with Crippen LogP contribution in [0.25, 0.3) is 0 Å². The number of hydrogen-bond donors (Lipinski definition) is 2. The maximum Gasteiger partial charge on any atom is 0.286 e. The summed E-state index contributed by atoms with van der Waals surface area (Å²) in [6.07, 6.45) is 6.93. The van der Waals surface area contributed by atoms with Crippen LogP contribution in [0.1, 0.15) is 58.9 Å². The van der Waals surface area contributed by atoms with Crippen LogP contribution in [0.15, 0.2) is 24.3 Å². The van der Waals surface area contributed by atoms with Gasteiger partial charge in [0.2, 0.25) is 10.9 Å². The lowest BCUT2D eigenvalue weighted by Crippen LogP contribution is -2.36. The van der Waals surface area contributed by atoms with E-state index < -0.39 is 0 Å². The first-order valence-electron chi connectivity index (χ1n) is 9.67. The van der Waals surface area contributed by atoms with Crippen molar-refractivity contribution in [2.24, 2.45) is 0 Å². The van der Waals surface area contributed by atoms with E-state index >= 15 is 0 Å². The highest BCUT2D eigenvalue weighted by atomic mass is 32.1. The molecule has 0 unspecified atom stereocenters. The van der Waals surface area contributed by atoms with Gasteiger partial charge in [-0.3, -0.25) is 9.59 Å². The lowest BCUT2D eigenvalue weighted by Gasteiger charge is -2.15. The molecule has 1 heterocycles. The van der Waals surface area contributed by atoms with Gasteiger partial charge in [0.15, 0.2) is 0 Å². The number of anilines is 1. The average Bonchev–Trinajstić information content (AvgIpc) is 3.00. The normalized spacial score (nSPS) is 15.0. The second-order valence-electron chi connectivity index (χ2n) is 7.07. The number of rotatable bonds is 7. The number of aryl methyl sites for hydroxylation is 1. The van der Waals surface area contributed by atoms with Crippen LogP contribution in [0.2, 0.25) is 0 Å². The Kier molecular flexibility index (Phi) is 7.50. The van der Waals surface area contributed by atoms with Gasteiger partial charge in [-0.15, -0.1) is 10.2 Å². The van der Waals surface area contributed by atoms with Gasteiger partial charge >= 0.3 is 0 Å². The molecule has 1 aromatic carbocycles. The predicted octanol–water partition coefficient (Wildman–Crippen LogP) is 3.45. The monoisotopic (exact) mass is 402 g/mol. The maximum absolute atomic E-state index is 12.2. The summed E-state index contributed by atoms with van der Waals surface area (Å²) in [7, 11) is 0. The zero-order valence-corrected chi connectivity index (χ0v) is 16.9. The van der Waals surface area contributed by atoms with Crippen molar-refractivity contribution in [3.63, 3.8) is 0 Å². The second-order valence-corrected chi connectivity index (χ2v) is 8.13. The lowest BCUT2D eigenvalue weighted by atomic mass is 10.1. The fourth-order valence-electron chi connectivity index (χ4n) is 3.15. The first-order valence-corrected chi connectivity index (χ1v) is 10.5.